The van der Waals surface area contributed by atoms with Gasteiger partial charge in [0.05, 0.1) is 16.4 Å². The summed E-state index contributed by atoms with van der Waals surface area (Å²) in [7, 11) is 0. The predicted molar refractivity (Wildman–Crippen MR) is 129 cm³/mol. The van der Waals surface area contributed by atoms with Crippen LogP contribution in [0, 0.1) is 6.92 Å². The van der Waals surface area contributed by atoms with Crippen LogP contribution in [0.1, 0.15) is 21.6 Å². The summed E-state index contributed by atoms with van der Waals surface area (Å²) in [5.41, 5.74) is 2.83. The van der Waals surface area contributed by atoms with E-state index in [9.17, 15) is 9.59 Å². The zero-order chi connectivity index (χ0) is 22.7. The summed E-state index contributed by atoms with van der Waals surface area (Å²) in [5.74, 6) is -0.544. The lowest BCUT2D eigenvalue weighted by Gasteiger charge is -2.21. The van der Waals surface area contributed by atoms with Crippen molar-refractivity contribution in [2.45, 2.75) is 13.5 Å². The summed E-state index contributed by atoms with van der Waals surface area (Å²) >= 11 is 12.5. The van der Waals surface area contributed by atoms with E-state index >= 15 is 0 Å². The molecule has 7 heteroatoms. The van der Waals surface area contributed by atoms with Crippen LogP contribution in [-0.4, -0.2) is 15.5 Å². The van der Waals surface area contributed by atoms with Crippen LogP contribution < -0.4 is 10.7 Å². The topological polar surface area (TPSA) is 64.0 Å². The Morgan fingerprint density at radius 2 is 1.84 bits per heavy atom. The maximum atomic E-state index is 13.4. The van der Waals surface area contributed by atoms with Crippen LogP contribution in [-0.2, 0) is 6.54 Å². The number of anilines is 1. The average Bonchev–Trinajstić information content (AvgIpc) is 2.77. The molecule has 0 fully saturated rings. The molecule has 4 aromatic rings. The van der Waals surface area contributed by atoms with Gasteiger partial charge in [0.25, 0.3) is 5.91 Å². The number of halogens is 2. The van der Waals surface area contributed by atoms with Gasteiger partial charge in [-0.1, -0.05) is 53.5 Å². The van der Waals surface area contributed by atoms with E-state index < -0.39 is 5.91 Å². The lowest BCUT2D eigenvalue weighted by molar-refractivity contribution is 0.102. The Morgan fingerprint density at radius 3 is 2.56 bits per heavy atom. The van der Waals surface area contributed by atoms with Crippen molar-refractivity contribution in [1.82, 2.24) is 9.55 Å². The highest BCUT2D eigenvalue weighted by atomic mass is 35.5. The first kappa shape index (κ1) is 21.8. The summed E-state index contributed by atoms with van der Waals surface area (Å²) in [6.45, 7) is 2.26. The molecule has 0 bridgehead atoms. The van der Waals surface area contributed by atoms with Crippen LogP contribution in [0.3, 0.4) is 0 Å². The standard InChI is InChI=1S/C25H19Cl2N3O2/c1-16-12-22(31)23(25(32)29-21-10-3-2-9-20(21)27)24(18-7-4-8-19(26)13-18)30(16)15-17-6-5-11-28-14-17/h2-14H,15H2,1H3,(H,29,32). The molecular formula is C25H19Cl2N3O2. The normalized spacial score (nSPS) is 10.7. The summed E-state index contributed by atoms with van der Waals surface area (Å²) in [6, 6.07) is 19.2. The molecule has 2 heterocycles. The number of pyridine rings is 2. The lowest BCUT2D eigenvalue weighted by Crippen LogP contribution is -2.27. The molecule has 0 aliphatic heterocycles. The summed E-state index contributed by atoms with van der Waals surface area (Å²) in [6.07, 6.45) is 3.45. The predicted octanol–water partition coefficient (Wildman–Crippen LogP) is 5.83. The van der Waals surface area contributed by atoms with Gasteiger partial charge in [-0.25, -0.2) is 0 Å². The first-order valence-corrected chi connectivity index (χ1v) is 10.6. The number of para-hydroxylation sites is 1. The third-order valence-electron chi connectivity index (χ3n) is 5.03. The van der Waals surface area contributed by atoms with Crippen molar-refractivity contribution < 1.29 is 4.79 Å². The molecule has 0 atom stereocenters. The van der Waals surface area contributed by atoms with E-state index in [4.69, 9.17) is 23.2 Å². The number of aryl methyl sites for hydroxylation is 1. The number of amides is 1. The Morgan fingerprint density at radius 1 is 1.03 bits per heavy atom. The molecule has 2 aromatic carbocycles. The maximum absolute atomic E-state index is 13.4. The minimum absolute atomic E-state index is 0.0154. The van der Waals surface area contributed by atoms with E-state index in [2.05, 4.69) is 10.3 Å². The number of nitrogens with one attached hydrogen (secondary N) is 1. The second-order valence-electron chi connectivity index (χ2n) is 7.27. The van der Waals surface area contributed by atoms with E-state index in [0.717, 1.165) is 5.56 Å². The van der Waals surface area contributed by atoms with Gasteiger partial charge in [-0.05, 0) is 42.8 Å². The van der Waals surface area contributed by atoms with Crippen LogP contribution >= 0.6 is 23.2 Å². The number of carbonyl (C=O) groups excluding carboxylic acids is 1. The first-order valence-electron chi connectivity index (χ1n) is 9.89. The van der Waals surface area contributed by atoms with Gasteiger partial charge >= 0.3 is 0 Å². The monoisotopic (exact) mass is 463 g/mol. The van der Waals surface area contributed by atoms with Gasteiger partial charge in [-0.15, -0.1) is 0 Å². The van der Waals surface area contributed by atoms with E-state index in [1.807, 2.05) is 29.7 Å². The number of nitrogens with zero attached hydrogens (tertiary/aromatic N) is 2. The Kier molecular flexibility index (Phi) is 6.40. The van der Waals surface area contributed by atoms with Gasteiger partial charge in [-0.2, -0.15) is 0 Å². The maximum Gasteiger partial charge on any atom is 0.261 e. The fourth-order valence-electron chi connectivity index (χ4n) is 3.55. The van der Waals surface area contributed by atoms with E-state index in [1.165, 1.54) is 6.07 Å². The van der Waals surface area contributed by atoms with Crippen LogP contribution in [0.4, 0.5) is 5.69 Å². The highest BCUT2D eigenvalue weighted by Gasteiger charge is 2.23. The molecule has 0 aliphatic carbocycles. The third kappa shape index (κ3) is 4.59. The highest BCUT2D eigenvalue weighted by Crippen LogP contribution is 2.28. The van der Waals surface area contributed by atoms with E-state index in [1.54, 1.807) is 54.9 Å². The summed E-state index contributed by atoms with van der Waals surface area (Å²) in [4.78, 5) is 30.6. The number of aromatic nitrogens is 2. The minimum Gasteiger partial charge on any atom is -0.340 e. The number of carbonyl (C=O) groups is 1. The molecule has 1 amide bonds. The van der Waals surface area contributed by atoms with E-state index in [-0.39, 0.29) is 11.0 Å². The Labute approximate surface area is 195 Å². The van der Waals surface area contributed by atoms with Gasteiger partial charge in [0.15, 0.2) is 5.43 Å². The van der Waals surface area contributed by atoms with E-state index in [0.29, 0.717) is 39.2 Å². The van der Waals surface area contributed by atoms with Crippen molar-refractivity contribution in [1.29, 1.82) is 0 Å². The van der Waals surface area contributed by atoms with Crippen LogP contribution in [0.25, 0.3) is 11.3 Å². The zero-order valence-corrected chi connectivity index (χ0v) is 18.7. The first-order chi connectivity index (χ1) is 15.4. The fraction of sp³-hybridized carbons (Fsp3) is 0.0800. The summed E-state index contributed by atoms with van der Waals surface area (Å²) in [5, 5.41) is 3.66. The molecule has 0 saturated carbocycles. The third-order valence-corrected chi connectivity index (χ3v) is 5.59. The zero-order valence-electron chi connectivity index (χ0n) is 17.2. The van der Waals surface area contributed by atoms with Crippen molar-refractivity contribution >= 4 is 34.8 Å². The SMILES string of the molecule is Cc1cc(=O)c(C(=O)Nc2ccccc2Cl)c(-c2cccc(Cl)c2)n1Cc1cccnc1. The van der Waals surface area contributed by atoms with Gasteiger partial charge < -0.3 is 9.88 Å². The van der Waals surface area contributed by atoms with Gasteiger partial charge in [0.1, 0.15) is 5.56 Å². The van der Waals surface area contributed by atoms with Crippen LogP contribution in [0.5, 0.6) is 0 Å². The van der Waals surface area contributed by atoms with Gasteiger partial charge in [-0.3, -0.25) is 14.6 Å². The van der Waals surface area contributed by atoms with Crippen molar-refractivity contribution in [2.75, 3.05) is 5.32 Å². The molecular weight excluding hydrogens is 445 g/mol. The summed E-state index contributed by atoms with van der Waals surface area (Å²) < 4.78 is 1.92. The van der Waals surface area contributed by atoms with Crippen molar-refractivity contribution in [3.05, 3.63) is 116 Å². The van der Waals surface area contributed by atoms with Crippen LogP contribution in [0.2, 0.25) is 10.0 Å². The number of rotatable bonds is 5. The molecule has 0 aliphatic rings. The Bertz CT molecular complexity index is 1350. The Hall–Kier alpha value is -3.41. The average molecular weight is 464 g/mol. The van der Waals surface area contributed by atoms with Crippen molar-refractivity contribution in [3.8, 4) is 11.3 Å². The smallest absolute Gasteiger partial charge is 0.261 e. The molecule has 0 spiro atoms. The van der Waals surface area contributed by atoms with Crippen LogP contribution in [0.15, 0.2) is 83.9 Å². The fourth-order valence-corrected chi connectivity index (χ4v) is 3.92. The molecule has 32 heavy (non-hydrogen) atoms. The van der Waals surface area contributed by atoms with Crippen molar-refractivity contribution in [3.63, 3.8) is 0 Å². The number of hydrogen-bond donors (Lipinski definition) is 1. The highest BCUT2D eigenvalue weighted by molar-refractivity contribution is 6.34. The molecule has 1 N–H and O–H groups in total. The molecule has 2 aromatic heterocycles. The minimum atomic E-state index is -0.544. The number of benzene rings is 2. The number of hydrogen-bond acceptors (Lipinski definition) is 3. The second-order valence-corrected chi connectivity index (χ2v) is 8.11. The largest absolute Gasteiger partial charge is 0.340 e. The van der Waals surface area contributed by atoms with Crippen molar-refractivity contribution in [2.24, 2.45) is 0 Å². The lowest BCUT2D eigenvalue weighted by atomic mass is 10.0. The molecule has 0 saturated heterocycles. The molecule has 5 nitrogen and oxygen atoms in total. The Balaban J connectivity index is 1.92. The molecule has 0 unspecified atom stereocenters. The quantitative estimate of drug-likeness (QED) is 0.405. The molecule has 0 radical (unpaired) electrons. The van der Waals surface area contributed by atoms with Gasteiger partial charge in [0, 0.05) is 41.3 Å². The van der Waals surface area contributed by atoms with Gasteiger partial charge in [0.2, 0.25) is 0 Å². The second kappa shape index (κ2) is 9.39. The molecule has 160 valence electrons. The molecule has 4 rings (SSSR count).